The number of benzene rings is 2. The van der Waals surface area contributed by atoms with Gasteiger partial charge in [-0.15, -0.1) is 5.10 Å². The third-order valence-corrected chi connectivity index (χ3v) is 5.50. The Labute approximate surface area is 204 Å². The van der Waals surface area contributed by atoms with Gasteiger partial charge in [-0.1, -0.05) is 35.0 Å². The van der Waals surface area contributed by atoms with Crippen LogP contribution in [0, 0.1) is 6.92 Å². The first-order chi connectivity index (χ1) is 17.4. The van der Waals surface area contributed by atoms with E-state index in [2.05, 4.69) is 20.6 Å². The number of carbonyl (C=O) groups excluding carboxylic acids is 1. The fourth-order valence-corrected chi connectivity index (χ4v) is 3.68. The molecule has 5 rings (SSSR count). The molecule has 0 atom stereocenters. The van der Waals surface area contributed by atoms with Crippen LogP contribution in [0.15, 0.2) is 70.1 Å². The van der Waals surface area contributed by atoms with Gasteiger partial charge in [0.2, 0.25) is 11.7 Å². The minimum absolute atomic E-state index is 0.209. The molecule has 0 unspecified atom stereocenters. The molecule has 1 N–H and O–H groups in total. The van der Waals surface area contributed by atoms with E-state index >= 15 is 0 Å². The number of hydrogen-bond acceptors (Lipinski definition) is 8. The van der Waals surface area contributed by atoms with Crippen molar-refractivity contribution in [2.45, 2.75) is 13.5 Å². The van der Waals surface area contributed by atoms with E-state index in [0.29, 0.717) is 28.6 Å². The van der Waals surface area contributed by atoms with E-state index in [4.69, 9.17) is 14.0 Å². The van der Waals surface area contributed by atoms with Gasteiger partial charge in [0.05, 0.1) is 19.8 Å². The number of fused-ring (bicyclic) bond motifs is 1. The number of methoxy groups -OCH3 is 2. The van der Waals surface area contributed by atoms with Crippen LogP contribution in [0.3, 0.4) is 0 Å². The van der Waals surface area contributed by atoms with Crippen LogP contribution in [-0.4, -0.2) is 44.4 Å². The molecule has 0 bridgehead atoms. The zero-order valence-corrected chi connectivity index (χ0v) is 19.8. The number of carbonyl (C=O) groups is 1. The lowest BCUT2D eigenvalue weighted by atomic mass is 10.1. The lowest BCUT2D eigenvalue weighted by Gasteiger charge is -2.09. The average Bonchev–Trinajstić information content (AvgIpc) is 3.49. The number of amides is 1. The maximum absolute atomic E-state index is 12.9. The second-order valence-electron chi connectivity index (χ2n) is 7.99. The molecule has 0 saturated heterocycles. The second-order valence-corrected chi connectivity index (χ2v) is 7.99. The summed E-state index contributed by atoms with van der Waals surface area (Å²) in [6.45, 7) is 1.69. The van der Waals surface area contributed by atoms with Crippen LogP contribution < -0.4 is 20.5 Å². The van der Waals surface area contributed by atoms with Crippen molar-refractivity contribution in [3.63, 3.8) is 0 Å². The summed E-state index contributed by atoms with van der Waals surface area (Å²) < 4.78 is 18.3. The number of anilines is 1. The van der Waals surface area contributed by atoms with Gasteiger partial charge in [0.15, 0.2) is 5.65 Å². The van der Waals surface area contributed by atoms with Crippen LogP contribution in [0.5, 0.6) is 11.5 Å². The molecule has 182 valence electrons. The van der Waals surface area contributed by atoms with E-state index in [1.807, 2.05) is 31.2 Å². The molecular formula is C25H22N6O5. The molecule has 0 saturated carbocycles. The quantitative estimate of drug-likeness (QED) is 0.372. The highest BCUT2D eigenvalue weighted by Gasteiger charge is 2.19. The molecule has 36 heavy (non-hydrogen) atoms. The Bertz CT molecular complexity index is 1590. The Hall–Kier alpha value is -4.93. The maximum Gasteiger partial charge on any atom is 0.350 e. The molecule has 1 amide bonds. The number of aryl methyl sites for hydroxylation is 1. The van der Waals surface area contributed by atoms with Crippen LogP contribution in [0.25, 0.3) is 28.5 Å². The monoisotopic (exact) mass is 486 g/mol. The highest BCUT2D eigenvalue weighted by Crippen LogP contribution is 2.26. The van der Waals surface area contributed by atoms with Gasteiger partial charge in [-0.3, -0.25) is 4.79 Å². The predicted molar refractivity (Wildman–Crippen MR) is 131 cm³/mol. The largest absolute Gasteiger partial charge is 0.497 e. The molecule has 0 spiro atoms. The molecule has 0 aliphatic carbocycles. The first-order valence-electron chi connectivity index (χ1n) is 11.0. The summed E-state index contributed by atoms with van der Waals surface area (Å²) >= 11 is 0. The minimum atomic E-state index is -0.483. The number of hydrogen-bond donors (Lipinski definition) is 1. The number of aromatic nitrogens is 5. The van der Waals surface area contributed by atoms with Crippen molar-refractivity contribution in [3.05, 3.63) is 76.8 Å². The highest BCUT2D eigenvalue weighted by molar-refractivity contribution is 5.91. The number of nitrogens with one attached hydrogen (secondary N) is 1. The highest BCUT2D eigenvalue weighted by atomic mass is 16.5. The first kappa shape index (κ1) is 22.8. The number of rotatable bonds is 7. The zero-order chi connectivity index (χ0) is 25.2. The SMILES string of the molecule is COc1cc(NC(=O)Cn2nc3c(-c4nc(-c5ccc(C)cc5)no4)cccn3c2=O)cc(OC)c1. The van der Waals surface area contributed by atoms with Crippen molar-refractivity contribution in [3.8, 4) is 34.3 Å². The van der Waals surface area contributed by atoms with E-state index in [1.54, 1.807) is 36.5 Å². The summed E-state index contributed by atoms with van der Waals surface area (Å²) in [5.41, 5.74) is 2.66. The molecule has 3 heterocycles. The third-order valence-electron chi connectivity index (χ3n) is 5.50. The minimum Gasteiger partial charge on any atom is -0.497 e. The van der Waals surface area contributed by atoms with Gasteiger partial charge in [0.25, 0.3) is 5.89 Å². The smallest absolute Gasteiger partial charge is 0.350 e. The summed E-state index contributed by atoms with van der Waals surface area (Å²) in [5, 5.41) is 11.2. The van der Waals surface area contributed by atoms with Crippen LogP contribution in [-0.2, 0) is 11.3 Å². The Morgan fingerprint density at radius 1 is 1.06 bits per heavy atom. The Morgan fingerprint density at radius 2 is 1.78 bits per heavy atom. The summed E-state index contributed by atoms with van der Waals surface area (Å²) in [5.74, 6) is 1.22. The van der Waals surface area contributed by atoms with E-state index in [9.17, 15) is 9.59 Å². The van der Waals surface area contributed by atoms with Crippen molar-refractivity contribution < 1.29 is 18.8 Å². The molecule has 11 heteroatoms. The summed E-state index contributed by atoms with van der Waals surface area (Å²) in [6.07, 6.45) is 1.56. The number of ether oxygens (including phenoxy) is 2. The Morgan fingerprint density at radius 3 is 2.47 bits per heavy atom. The average molecular weight is 486 g/mol. The summed E-state index contributed by atoms with van der Waals surface area (Å²) in [7, 11) is 3.03. The van der Waals surface area contributed by atoms with E-state index < -0.39 is 11.6 Å². The molecular weight excluding hydrogens is 464 g/mol. The zero-order valence-electron chi connectivity index (χ0n) is 19.8. The van der Waals surface area contributed by atoms with Crippen molar-refractivity contribution >= 4 is 17.2 Å². The molecule has 0 aliphatic heterocycles. The fourth-order valence-electron chi connectivity index (χ4n) is 3.68. The molecule has 11 nitrogen and oxygen atoms in total. The van der Waals surface area contributed by atoms with E-state index in [1.165, 1.54) is 18.6 Å². The van der Waals surface area contributed by atoms with Crippen molar-refractivity contribution in [1.82, 2.24) is 24.3 Å². The van der Waals surface area contributed by atoms with Crippen LogP contribution >= 0.6 is 0 Å². The lowest BCUT2D eigenvalue weighted by molar-refractivity contribution is -0.117. The van der Waals surface area contributed by atoms with Crippen molar-refractivity contribution in [2.75, 3.05) is 19.5 Å². The lowest BCUT2D eigenvalue weighted by Crippen LogP contribution is -2.28. The number of nitrogens with zero attached hydrogens (tertiary/aromatic N) is 5. The van der Waals surface area contributed by atoms with Gasteiger partial charge in [-0.2, -0.15) is 4.98 Å². The normalized spacial score (nSPS) is 11.0. The summed E-state index contributed by atoms with van der Waals surface area (Å²) in [6, 6.07) is 16.1. The molecule has 0 aliphatic rings. The van der Waals surface area contributed by atoms with Gasteiger partial charge >= 0.3 is 5.69 Å². The fraction of sp³-hybridized carbons (Fsp3) is 0.160. The standard InChI is InChI=1S/C25H22N6O5/c1-15-6-8-16(9-7-15)22-27-24(36-29-22)20-5-4-10-30-23(20)28-31(25(30)33)14-21(32)26-17-11-18(34-2)13-19(12-17)35-3/h4-13H,14H2,1-3H3,(H,26,32). The van der Waals surface area contributed by atoms with Crippen LogP contribution in [0.1, 0.15) is 5.56 Å². The molecule has 3 aromatic heterocycles. The van der Waals surface area contributed by atoms with E-state index in [0.717, 1.165) is 15.8 Å². The molecule has 0 fully saturated rings. The Kier molecular flexibility index (Phi) is 5.95. The van der Waals surface area contributed by atoms with E-state index in [-0.39, 0.29) is 18.1 Å². The second kappa shape index (κ2) is 9.37. The predicted octanol–water partition coefficient (Wildman–Crippen LogP) is 3.18. The van der Waals surface area contributed by atoms with Gasteiger partial charge in [-0.25, -0.2) is 13.9 Å². The number of pyridine rings is 1. The molecule has 5 aromatic rings. The van der Waals surface area contributed by atoms with Crippen molar-refractivity contribution in [1.29, 1.82) is 0 Å². The van der Waals surface area contributed by atoms with Crippen molar-refractivity contribution in [2.24, 2.45) is 0 Å². The van der Waals surface area contributed by atoms with Crippen LogP contribution in [0.4, 0.5) is 5.69 Å². The van der Waals surface area contributed by atoms with Gasteiger partial charge < -0.3 is 19.3 Å². The van der Waals surface area contributed by atoms with Gasteiger partial charge in [-0.05, 0) is 19.1 Å². The summed E-state index contributed by atoms with van der Waals surface area (Å²) in [4.78, 5) is 30.1. The van der Waals surface area contributed by atoms with Gasteiger partial charge in [0.1, 0.15) is 18.0 Å². The maximum atomic E-state index is 12.9. The molecule has 2 aromatic carbocycles. The van der Waals surface area contributed by atoms with Gasteiger partial charge in [0, 0.05) is 35.6 Å². The third kappa shape index (κ3) is 4.41. The first-order valence-corrected chi connectivity index (χ1v) is 11.0. The Balaban J connectivity index is 1.42. The topological polar surface area (TPSA) is 126 Å². The molecule has 0 radical (unpaired) electrons. The van der Waals surface area contributed by atoms with Crippen LogP contribution in [0.2, 0.25) is 0 Å².